The second-order valence-electron chi connectivity index (χ2n) is 5.45. The highest BCUT2D eigenvalue weighted by Crippen LogP contribution is 2.54. The molecule has 20 heavy (non-hydrogen) atoms. The molecule has 0 aromatic rings. The van der Waals surface area contributed by atoms with Gasteiger partial charge in [0, 0.05) is 6.42 Å². The van der Waals surface area contributed by atoms with Gasteiger partial charge < -0.3 is 0 Å². The van der Waals surface area contributed by atoms with E-state index in [1.807, 2.05) is 0 Å². The zero-order valence-corrected chi connectivity index (χ0v) is 10.1. The molecule has 3 unspecified atom stereocenters. The highest BCUT2D eigenvalue weighted by molar-refractivity contribution is 5.11. The van der Waals surface area contributed by atoms with E-state index in [9.17, 15) is 35.1 Å². The van der Waals surface area contributed by atoms with Gasteiger partial charge in [-0.3, -0.25) is 0 Å². The first-order chi connectivity index (χ1) is 8.99. The van der Waals surface area contributed by atoms with Crippen LogP contribution in [0.2, 0.25) is 0 Å². The van der Waals surface area contributed by atoms with E-state index in [2.05, 4.69) is 0 Å². The molecule has 1 saturated carbocycles. The van der Waals surface area contributed by atoms with Crippen molar-refractivity contribution >= 4 is 0 Å². The Morgan fingerprint density at radius 2 is 1.55 bits per heavy atom. The minimum Gasteiger partial charge on any atom is -0.203 e. The van der Waals surface area contributed by atoms with Gasteiger partial charge in [0.15, 0.2) is 0 Å². The van der Waals surface area contributed by atoms with Crippen molar-refractivity contribution in [1.82, 2.24) is 0 Å². The average Bonchev–Trinajstić information content (AvgIpc) is 2.89. The van der Waals surface area contributed by atoms with Crippen LogP contribution in [0.1, 0.15) is 19.3 Å². The lowest BCUT2D eigenvalue weighted by molar-refractivity contribution is -0.341. The fourth-order valence-electron chi connectivity index (χ4n) is 2.97. The molecular formula is C12H12F8. The van der Waals surface area contributed by atoms with E-state index in [0.717, 1.165) is 0 Å². The Labute approximate surface area is 109 Å². The molecule has 0 heterocycles. The quantitative estimate of drug-likeness (QED) is 0.507. The van der Waals surface area contributed by atoms with Gasteiger partial charge in [-0.15, -0.1) is 0 Å². The summed E-state index contributed by atoms with van der Waals surface area (Å²) in [5.41, 5.74) is 0. The van der Waals surface area contributed by atoms with Crippen LogP contribution in [-0.4, -0.2) is 24.2 Å². The SMILES string of the molecule is FC(F)C(F)(F)C(F)(F)C(F)(F)CC1CC2C=CC1C2. The molecule has 2 bridgehead atoms. The Hall–Kier alpha value is -0.820. The van der Waals surface area contributed by atoms with Crippen molar-refractivity contribution in [2.75, 3.05) is 0 Å². The van der Waals surface area contributed by atoms with E-state index in [1.54, 1.807) is 12.2 Å². The largest absolute Gasteiger partial charge is 0.377 e. The fourth-order valence-corrected chi connectivity index (χ4v) is 2.97. The smallest absolute Gasteiger partial charge is 0.203 e. The molecule has 3 atom stereocenters. The normalized spacial score (nSPS) is 30.6. The minimum atomic E-state index is -6.07. The first kappa shape index (κ1) is 15.6. The molecule has 0 nitrogen and oxygen atoms in total. The van der Waals surface area contributed by atoms with Crippen LogP contribution in [0.3, 0.4) is 0 Å². The van der Waals surface area contributed by atoms with Crippen molar-refractivity contribution < 1.29 is 35.1 Å². The van der Waals surface area contributed by atoms with Crippen LogP contribution in [0, 0.1) is 17.8 Å². The second kappa shape index (κ2) is 4.59. The summed E-state index contributed by atoms with van der Waals surface area (Å²) in [4.78, 5) is 0. The van der Waals surface area contributed by atoms with E-state index >= 15 is 0 Å². The molecule has 0 spiro atoms. The van der Waals surface area contributed by atoms with Gasteiger partial charge in [-0.2, -0.15) is 26.3 Å². The van der Waals surface area contributed by atoms with Gasteiger partial charge in [-0.05, 0) is 30.6 Å². The summed E-state index contributed by atoms with van der Waals surface area (Å²) in [5.74, 6) is -18.5. The third-order valence-electron chi connectivity index (χ3n) is 4.09. The molecule has 8 heteroatoms. The lowest BCUT2D eigenvalue weighted by Gasteiger charge is -2.34. The molecule has 2 rings (SSSR count). The maximum Gasteiger partial charge on any atom is 0.377 e. The van der Waals surface area contributed by atoms with Crippen molar-refractivity contribution in [3.05, 3.63) is 12.2 Å². The molecular weight excluding hydrogens is 296 g/mol. The van der Waals surface area contributed by atoms with Crippen molar-refractivity contribution in [2.24, 2.45) is 17.8 Å². The third-order valence-corrected chi connectivity index (χ3v) is 4.09. The van der Waals surface area contributed by atoms with Crippen LogP contribution in [0.5, 0.6) is 0 Å². The molecule has 0 radical (unpaired) electrons. The highest BCUT2D eigenvalue weighted by Gasteiger charge is 2.75. The molecule has 2 aliphatic carbocycles. The van der Waals surface area contributed by atoms with Crippen LogP contribution < -0.4 is 0 Å². The maximum atomic E-state index is 13.4. The zero-order valence-electron chi connectivity index (χ0n) is 10.1. The number of fused-ring (bicyclic) bond motifs is 2. The van der Waals surface area contributed by atoms with Crippen LogP contribution in [0.15, 0.2) is 12.2 Å². The van der Waals surface area contributed by atoms with Crippen molar-refractivity contribution in [3.8, 4) is 0 Å². The first-order valence-electron chi connectivity index (χ1n) is 6.09. The summed E-state index contributed by atoms with van der Waals surface area (Å²) in [6.07, 6.45) is -2.26. The van der Waals surface area contributed by atoms with Crippen molar-refractivity contribution in [3.63, 3.8) is 0 Å². The Morgan fingerprint density at radius 1 is 0.950 bits per heavy atom. The third kappa shape index (κ3) is 2.20. The topological polar surface area (TPSA) is 0 Å². The number of alkyl halides is 8. The van der Waals surface area contributed by atoms with Crippen molar-refractivity contribution in [1.29, 1.82) is 0 Å². The number of hydrogen-bond donors (Lipinski definition) is 0. The summed E-state index contributed by atoms with van der Waals surface area (Å²) in [6.45, 7) is 0. The molecule has 2 aliphatic rings. The monoisotopic (exact) mass is 308 g/mol. The lowest BCUT2D eigenvalue weighted by Crippen LogP contribution is -2.58. The predicted molar refractivity (Wildman–Crippen MR) is 54.3 cm³/mol. The number of rotatable bonds is 5. The fraction of sp³-hybridized carbons (Fsp3) is 0.833. The Bertz CT molecular complexity index is 400. The molecule has 0 aromatic carbocycles. The molecule has 116 valence electrons. The van der Waals surface area contributed by atoms with Crippen LogP contribution in [0.4, 0.5) is 35.1 Å². The Kier molecular flexibility index (Phi) is 3.57. The molecule has 0 aliphatic heterocycles. The standard InChI is InChI=1S/C12H12F8/c13-9(14)11(17,18)12(19,20)10(15,16)5-8-4-6-1-2-7(8)3-6/h1-2,6-9H,3-5H2. The molecule has 0 saturated heterocycles. The van der Waals surface area contributed by atoms with Gasteiger partial charge in [-0.25, -0.2) is 8.78 Å². The summed E-state index contributed by atoms with van der Waals surface area (Å²) in [5, 5.41) is 0. The van der Waals surface area contributed by atoms with E-state index < -0.39 is 36.5 Å². The zero-order chi connectivity index (χ0) is 15.3. The van der Waals surface area contributed by atoms with Gasteiger partial charge in [0.25, 0.3) is 0 Å². The number of hydrogen-bond acceptors (Lipinski definition) is 0. The molecule has 0 aromatic heterocycles. The minimum absolute atomic E-state index is 0.00923. The van der Waals surface area contributed by atoms with E-state index in [1.165, 1.54) is 0 Å². The molecule has 0 amide bonds. The van der Waals surface area contributed by atoms with Gasteiger partial charge in [0.05, 0.1) is 0 Å². The number of allylic oxidation sites excluding steroid dienone is 2. The average molecular weight is 308 g/mol. The summed E-state index contributed by atoms with van der Waals surface area (Å²) >= 11 is 0. The highest BCUT2D eigenvalue weighted by atomic mass is 19.4. The number of halogens is 8. The van der Waals surface area contributed by atoms with E-state index in [4.69, 9.17) is 0 Å². The Balaban J connectivity index is 2.15. The van der Waals surface area contributed by atoms with Crippen LogP contribution in [-0.2, 0) is 0 Å². The Morgan fingerprint density at radius 3 is 1.95 bits per heavy atom. The second-order valence-corrected chi connectivity index (χ2v) is 5.45. The van der Waals surface area contributed by atoms with Crippen LogP contribution >= 0.6 is 0 Å². The van der Waals surface area contributed by atoms with Gasteiger partial charge in [0.2, 0.25) is 0 Å². The first-order valence-corrected chi connectivity index (χ1v) is 6.09. The van der Waals surface area contributed by atoms with Gasteiger partial charge in [0.1, 0.15) is 0 Å². The summed E-state index contributed by atoms with van der Waals surface area (Å²) < 4.78 is 102. The lowest BCUT2D eigenvalue weighted by atomic mass is 9.85. The van der Waals surface area contributed by atoms with Crippen LogP contribution in [0.25, 0.3) is 0 Å². The predicted octanol–water partition coefficient (Wildman–Crippen LogP) is 4.76. The van der Waals surface area contributed by atoms with Crippen molar-refractivity contribution in [2.45, 2.75) is 43.5 Å². The summed E-state index contributed by atoms with van der Waals surface area (Å²) in [7, 11) is 0. The summed E-state index contributed by atoms with van der Waals surface area (Å²) in [6, 6.07) is 0. The molecule has 1 fully saturated rings. The van der Waals surface area contributed by atoms with E-state index in [-0.39, 0.29) is 18.3 Å². The molecule has 0 N–H and O–H groups in total. The van der Waals surface area contributed by atoms with Gasteiger partial charge in [-0.1, -0.05) is 12.2 Å². The van der Waals surface area contributed by atoms with E-state index in [0.29, 0.717) is 6.42 Å². The maximum absolute atomic E-state index is 13.4. The van der Waals surface area contributed by atoms with Gasteiger partial charge >= 0.3 is 24.2 Å².